The highest BCUT2D eigenvalue weighted by atomic mass is 16.5. The summed E-state index contributed by atoms with van der Waals surface area (Å²) in [5.41, 5.74) is 1.09. The summed E-state index contributed by atoms with van der Waals surface area (Å²) in [4.78, 5) is 25.1. The summed E-state index contributed by atoms with van der Waals surface area (Å²) in [6.07, 6.45) is 1.08. The molecule has 2 N–H and O–H groups in total. The van der Waals surface area contributed by atoms with Crippen LogP contribution in [-0.4, -0.2) is 24.5 Å². The monoisotopic (exact) mass is 379 g/mol. The second-order valence-electron chi connectivity index (χ2n) is 6.69. The Hall–Kier alpha value is -3.33. The van der Waals surface area contributed by atoms with Gasteiger partial charge in [0.25, 0.3) is 5.91 Å². The van der Waals surface area contributed by atoms with E-state index in [9.17, 15) is 9.59 Å². The van der Waals surface area contributed by atoms with Crippen molar-refractivity contribution in [2.24, 2.45) is 5.92 Å². The maximum Gasteiger partial charge on any atom is 0.251 e. The number of nitrogens with one attached hydrogen (secondary N) is 2. The van der Waals surface area contributed by atoms with Crippen LogP contribution in [0.3, 0.4) is 0 Å². The summed E-state index contributed by atoms with van der Waals surface area (Å²) in [5.74, 6) is -0.0480. The molecule has 1 unspecified atom stereocenters. The van der Waals surface area contributed by atoms with Gasteiger partial charge < -0.3 is 15.4 Å². The van der Waals surface area contributed by atoms with Crippen molar-refractivity contribution in [3.8, 4) is 11.8 Å². The minimum Gasteiger partial charge on any atom is -0.493 e. The molecule has 2 aromatic carbocycles. The zero-order valence-electron chi connectivity index (χ0n) is 16.1. The van der Waals surface area contributed by atoms with Crippen molar-refractivity contribution in [2.45, 2.75) is 32.7 Å². The number of rotatable bonds is 9. The quantitative estimate of drug-likeness (QED) is 0.649. The Kier molecular flexibility index (Phi) is 8.04. The van der Waals surface area contributed by atoms with E-state index in [1.54, 1.807) is 48.5 Å². The Balaban J connectivity index is 2.00. The smallest absolute Gasteiger partial charge is 0.251 e. The number of unbranched alkanes of at least 4 members (excludes halogenated alkanes) is 1. The van der Waals surface area contributed by atoms with Gasteiger partial charge in [0.1, 0.15) is 11.8 Å². The van der Waals surface area contributed by atoms with Crippen LogP contribution in [0.2, 0.25) is 0 Å². The molecule has 6 heteroatoms. The first-order valence-electron chi connectivity index (χ1n) is 9.28. The van der Waals surface area contributed by atoms with Gasteiger partial charge in [-0.05, 0) is 36.6 Å². The van der Waals surface area contributed by atoms with Crippen LogP contribution in [0, 0.1) is 17.2 Å². The van der Waals surface area contributed by atoms with Crippen molar-refractivity contribution < 1.29 is 14.3 Å². The Labute approximate surface area is 165 Å². The molecule has 0 aromatic heterocycles. The normalized spacial score (nSPS) is 11.4. The van der Waals surface area contributed by atoms with E-state index < -0.39 is 6.04 Å². The summed E-state index contributed by atoms with van der Waals surface area (Å²) < 4.78 is 5.59. The molecule has 0 aliphatic rings. The highest BCUT2D eigenvalue weighted by molar-refractivity contribution is 6.01. The van der Waals surface area contributed by atoms with Crippen LogP contribution in [0.4, 0.5) is 5.69 Å². The SMILES string of the molecule is CC(C)C(NC(=O)c1ccccc1)C(=O)Nc1cccc(OCCCC#N)c1. The topological polar surface area (TPSA) is 91.2 Å². The molecule has 0 saturated heterocycles. The zero-order valence-corrected chi connectivity index (χ0v) is 16.1. The molecule has 0 fully saturated rings. The molecule has 1 atom stereocenters. The van der Waals surface area contributed by atoms with Gasteiger partial charge in [-0.1, -0.05) is 38.1 Å². The van der Waals surface area contributed by atoms with E-state index in [2.05, 4.69) is 16.7 Å². The van der Waals surface area contributed by atoms with Gasteiger partial charge in [0.2, 0.25) is 5.91 Å². The Bertz CT molecular complexity index is 828. The third kappa shape index (κ3) is 6.44. The number of nitrogens with zero attached hydrogens (tertiary/aromatic N) is 1. The van der Waals surface area contributed by atoms with Gasteiger partial charge in [-0.2, -0.15) is 5.26 Å². The Morgan fingerprint density at radius 3 is 2.54 bits per heavy atom. The van der Waals surface area contributed by atoms with Crippen LogP contribution >= 0.6 is 0 Å². The second kappa shape index (κ2) is 10.7. The van der Waals surface area contributed by atoms with Gasteiger partial charge in [0.15, 0.2) is 0 Å². The van der Waals surface area contributed by atoms with Crippen LogP contribution < -0.4 is 15.4 Å². The summed E-state index contributed by atoms with van der Waals surface area (Å²) in [6.45, 7) is 4.20. The lowest BCUT2D eigenvalue weighted by Gasteiger charge is -2.22. The average molecular weight is 379 g/mol. The van der Waals surface area contributed by atoms with Crippen molar-refractivity contribution in [1.29, 1.82) is 5.26 Å². The summed E-state index contributed by atoms with van der Waals surface area (Å²) in [7, 11) is 0. The highest BCUT2D eigenvalue weighted by Gasteiger charge is 2.24. The van der Waals surface area contributed by atoms with E-state index in [1.807, 2.05) is 19.9 Å². The minimum atomic E-state index is -0.673. The molecule has 0 saturated carbocycles. The summed E-state index contributed by atoms with van der Waals surface area (Å²) in [6, 6.07) is 17.3. The number of anilines is 1. The number of nitriles is 1. The Morgan fingerprint density at radius 2 is 1.86 bits per heavy atom. The number of benzene rings is 2. The van der Waals surface area contributed by atoms with Crippen LogP contribution in [0.1, 0.15) is 37.0 Å². The third-order valence-corrected chi connectivity index (χ3v) is 4.07. The molecule has 28 heavy (non-hydrogen) atoms. The number of hydrogen-bond donors (Lipinski definition) is 2. The predicted molar refractivity (Wildman–Crippen MR) is 108 cm³/mol. The van der Waals surface area contributed by atoms with Crippen molar-refractivity contribution in [3.05, 3.63) is 60.2 Å². The lowest BCUT2D eigenvalue weighted by atomic mass is 10.0. The van der Waals surface area contributed by atoms with E-state index in [-0.39, 0.29) is 17.7 Å². The molecule has 6 nitrogen and oxygen atoms in total. The molecule has 0 spiro atoms. The van der Waals surface area contributed by atoms with Crippen LogP contribution in [0.5, 0.6) is 5.75 Å². The molecule has 0 radical (unpaired) electrons. The molecule has 0 aliphatic carbocycles. The number of carbonyl (C=O) groups excluding carboxylic acids is 2. The first-order chi connectivity index (χ1) is 13.5. The van der Waals surface area contributed by atoms with Crippen molar-refractivity contribution >= 4 is 17.5 Å². The summed E-state index contributed by atoms with van der Waals surface area (Å²) >= 11 is 0. The van der Waals surface area contributed by atoms with Crippen molar-refractivity contribution in [1.82, 2.24) is 5.32 Å². The molecular formula is C22H25N3O3. The highest BCUT2D eigenvalue weighted by Crippen LogP contribution is 2.18. The zero-order chi connectivity index (χ0) is 20.4. The second-order valence-corrected chi connectivity index (χ2v) is 6.69. The van der Waals surface area contributed by atoms with Gasteiger partial charge in [0, 0.05) is 23.7 Å². The molecule has 146 valence electrons. The lowest BCUT2D eigenvalue weighted by Crippen LogP contribution is -2.47. The van der Waals surface area contributed by atoms with Gasteiger partial charge in [-0.25, -0.2) is 0 Å². The molecule has 2 aromatic rings. The largest absolute Gasteiger partial charge is 0.493 e. The van der Waals surface area contributed by atoms with Crippen LogP contribution in [-0.2, 0) is 4.79 Å². The Morgan fingerprint density at radius 1 is 1.11 bits per heavy atom. The average Bonchev–Trinajstić information content (AvgIpc) is 2.70. The van der Waals surface area contributed by atoms with Gasteiger partial charge in [-0.3, -0.25) is 9.59 Å². The van der Waals surface area contributed by atoms with E-state index in [0.29, 0.717) is 36.4 Å². The standard InChI is InChI=1S/C22H25N3O3/c1-16(2)20(25-21(26)17-9-4-3-5-10-17)22(27)24-18-11-8-12-19(15-18)28-14-7-6-13-23/h3-5,8-12,15-16,20H,6-7,14H2,1-2H3,(H,24,27)(H,25,26). The first kappa shape index (κ1) is 21.0. The van der Waals surface area contributed by atoms with Crippen molar-refractivity contribution in [3.63, 3.8) is 0 Å². The fourth-order valence-electron chi connectivity index (χ4n) is 2.57. The van der Waals surface area contributed by atoms with Crippen molar-refractivity contribution in [2.75, 3.05) is 11.9 Å². The van der Waals surface area contributed by atoms with Gasteiger partial charge >= 0.3 is 0 Å². The number of carbonyl (C=O) groups is 2. The predicted octanol–water partition coefficient (Wildman–Crippen LogP) is 3.76. The van der Waals surface area contributed by atoms with E-state index >= 15 is 0 Å². The van der Waals surface area contributed by atoms with Gasteiger partial charge in [-0.15, -0.1) is 0 Å². The lowest BCUT2D eigenvalue weighted by molar-refractivity contribution is -0.118. The fraction of sp³-hybridized carbons (Fsp3) is 0.318. The van der Waals surface area contributed by atoms with Gasteiger partial charge in [0.05, 0.1) is 12.7 Å². The molecule has 0 heterocycles. The molecule has 0 aliphatic heterocycles. The molecule has 2 rings (SSSR count). The first-order valence-corrected chi connectivity index (χ1v) is 9.28. The number of amides is 2. The maximum absolute atomic E-state index is 12.7. The molecule has 0 bridgehead atoms. The third-order valence-electron chi connectivity index (χ3n) is 4.07. The minimum absolute atomic E-state index is 0.0851. The summed E-state index contributed by atoms with van der Waals surface area (Å²) in [5, 5.41) is 14.2. The van der Waals surface area contributed by atoms with E-state index in [1.165, 1.54) is 0 Å². The fourth-order valence-corrected chi connectivity index (χ4v) is 2.57. The van der Waals surface area contributed by atoms with E-state index in [0.717, 1.165) is 0 Å². The molecule has 2 amide bonds. The maximum atomic E-state index is 12.7. The van der Waals surface area contributed by atoms with Crippen LogP contribution in [0.25, 0.3) is 0 Å². The van der Waals surface area contributed by atoms with Crippen LogP contribution in [0.15, 0.2) is 54.6 Å². The number of hydrogen-bond acceptors (Lipinski definition) is 4. The molecular weight excluding hydrogens is 354 g/mol. The van der Waals surface area contributed by atoms with E-state index in [4.69, 9.17) is 10.00 Å². The number of ether oxygens (including phenoxy) is 1.